The van der Waals surface area contributed by atoms with Crippen LogP contribution in [0.4, 0.5) is 17.2 Å². The summed E-state index contributed by atoms with van der Waals surface area (Å²) in [6.45, 7) is 3.86. The van der Waals surface area contributed by atoms with Crippen molar-refractivity contribution in [3.8, 4) is 0 Å². The van der Waals surface area contributed by atoms with E-state index in [1.54, 1.807) is 12.3 Å². The molecule has 7 nitrogen and oxygen atoms in total. The van der Waals surface area contributed by atoms with E-state index in [0.717, 1.165) is 43.8 Å². The lowest BCUT2D eigenvalue weighted by molar-refractivity contribution is -0.389. The first-order valence-corrected chi connectivity index (χ1v) is 7.74. The average Bonchev–Trinajstić information content (AvgIpc) is 2.53. The van der Waals surface area contributed by atoms with Crippen LogP contribution in [0.15, 0.2) is 42.6 Å². The first-order valence-electron chi connectivity index (χ1n) is 7.74. The molecule has 7 heteroatoms. The van der Waals surface area contributed by atoms with Crippen LogP contribution >= 0.6 is 0 Å². The van der Waals surface area contributed by atoms with E-state index in [4.69, 9.17) is 0 Å². The normalized spacial score (nSPS) is 18.0. The zero-order valence-electron chi connectivity index (χ0n) is 13.0. The Balaban J connectivity index is 1.34. The molecule has 0 saturated carbocycles. The highest BCUT2D eigenvalue weighted by atomic mass is 16.6. The maximum atomic E-state index is 10.7. The van der Waals surface area contributed by atoms with Gasteiger partial charge in [-0.2, -0.15) is 0 Å². The maximum absolute atomic E-state index is 10.7. The number of anilines is 2. The molecule has 2 aliphatic heterocycles. The largest absolute Gasteiger partial charge is 0.370 e. The van der Waals surface area contributed by atoms with Gasteiger partial charge in [-0.25, -0.2) is 0 Å². The van der Waals surface area contributed by atoms with E-state index in [1.165, 1.54) is 6.07 Å². The molecule has 24 heavy (non-hydrogen) atoms. The Morgan fingerprint density at radius 2 is 1.58 bits per heavy atom. The number of pyridine rings is 1. The maximum Gasteiger partial charge on any atom is 0.363 e. The predicted octanol–water partition coefficient (Wildman–Crippen LogP) is 2.13. The molecule has 0 aliphatic carbocycles. The molecule has 2 aliphatic rings. The third kappa shape index (κ3) is 2.38. The van der Waals surface area contributed by atoms with Crippen LogP contribution < -0.4 is 9.80 Å². The Morgan fingerprint density at radius 1 is 1.00 bits per heavy atom. The van der Waals surface area contributed by atoms with E-state index in [0.29, 0.717) is 11.0 Å². The third-order valence-electron chi connectivity index (χ3n) is 4.78. The molecule has 2 fully saturated rings. The molecule has 2 aromatic rings. The van der Waals surface area contributed by atoms with Gasteiger partial charge in [-0.1, -0.05) is 0 Å². The van der Waals surface area contributed by atoms with Crippen molar-refractivity contribution < 1.29 is 9.72 Å². The zero-order chi connectivity index (χ0) is 16.7. The van der Waals surface area contributed by atoms with Crippen LogP contribution in [0, 0.1) is 15.5 Å². The number of rotatable bonds is 4. The van der Waals surface area contributed by atoms with Gasteiger partial charge >= 0.3 is 5.82 Å². The number of aromatic nitrogens is 1. The van der Waals surface area contributed by atoms with Gasteiger partial charge in [-0.05, 0) is 40.2 Å². The molecule has 2 saturated heterocycles. The van der Waals surface area contributed by atoms with E-state index in [1.807, 2.05) is 24.3 Å². The first kappa shape index (κ1) is 14.6. The van der Waals surface area contributed by atoms with Gasteiger partial charge < -0.3 is 19.9 Å². The van der Waals surface area contributed by atoms with Crippen molar-refractivity contribution in [2.24, 2.45) is 5.41 Å². The summed E-state index contributed by atoms with van der Waals surface area (Å²) in [6.07, 6.45) is 2.42. The summed E-state index contributed by atoms with van der Waals surface area (Å²) in [4.78, 5) is 29.2. The molecule has 0 atom stereocenters. The number of hydrogen-bond acceptors (Lipinski definition) is 6. The van der Waals surface area contributed by atoms with Crippen molar-refractivity contribution in [1.82, 2.24) is 4.98 Å². The summed E-state index contributed by atoms with van der Waals surface area (Å²) in [6, 6.07) is 10.8. The Bertz CT molecular complexity index is 774. The summed E-state index contributed by atoms with van der Waals surface area (Å²) in [7, 11) is 0. The van der Waals surface area contributed by atoms with Crippen molar-refractivity contribution in [1.29, 1.82) is 0 Å². The van der Waals surface area contributed by atoms with Crippen molar-refractivity contribution in [2.45, 2.75) is 0 Å². The minimum absolute atomic E-state index is 0.123. The van der Waals surface area contributed by atoms with Crippen LogP contribution in [0.1, 0.15) is 10.4 Å². The second kappa shape index (κ2) is 5.30. The van der Waals surface area contributed by atoms with Gasteiger partial charge in [0, 0.05) is 48.9 Å². The van der Waals surface area contributed by atoms with Gasteiger partial charge in [0.25, 0.3) is 0 Å². The highest BCUT2D eigenvalue weighted by molar-refractivity contribution is 5.75. The van der Waals surface area contributed by atoms with Gasteiger partial charge in [0.15, 0.2) is 6.20 Å². The summed E-state index contributed by atoms with van der Waals surface area (Å²) in [5.74, 6) is -0.123. The summed E-state index contributed by atoms with van der Waals surface area (Å²) in [5.41, 5.74) is 3.06. The second-order valence-electron chi connectivity index (χ2n) is 6.55. The molecule has 0 bridgehead atoms. The molecule has 1 aromatic heterocycles. The number of benzene rings is 1. The quantitative estimate of drug-likeness (QED) is 0.487. The van der Waals surface area contributed by atoms with E-state index in [-0.39, 0.29) is 5.82 Å². The molecular weight excluding hydrogens is 308 g/mol. The minimum atomic E-state index is -0.485. The SMILES string of the molecule is O=Cc1ccc(N2CC3(C2)CN(c2ccc([N+](=O)[O-])nc2)C3)cc1. The lowest BCUT2D eigenvalue weighted by atomic mass is 9.72. The summed E-state index contributed by atoms with van der Waals surface area (Å²) < 4.78 is 0. The lowest BCUT2D eigenvalue weighted by Gasteiger charge is -2.61. The lowest BCUT2D eigenvalue weighted by Crippen LogP contribution is -2.72. The number of hydrogen-bond donors (Lipinski definition) is 0. The number of carbonyl (C=O) groups is 1. The van der Waals surface area contributed by atoms with Crippen molar-refractivity contribution in [3.05, 3.63) is 58.3 Å². The number of aldehydes is 1. The van der Waals surface area contributed by atoms with Crippen molar-refractivity contribution in [2.75, 3.05) is 36.0 Å². The third-order valence-corrected chi connectivity index (χ3v) is 4.78. The molecule has 1 spiro atoms. The van der Waals surface area contributed by atoms with Crippen LogP contribution in [0.3, 0.4) is 0 Å². The number of nitro groups is 1. The molecule has 4 rings (SSSR count). The smallest absolute Gasteiger partial charge is 0.363 e. The van der Waals surface area contributed by atoms with E-state index >= 15 is 0 Å². The highest BCUT2D eigenvalue weighted by Gasteiger charge is 2.52. The van der Waals surface area contributed by atoms with Gasteiger partial charge in [0.1, 0.15) is 6.29 Å². The zero-order valence-corrected chi connectivity index (χ0v) is 13.0. The minimum Gasteiger partial charge on any atom is -0.370 e. The Morgan fingerprint density at radius 3 is 2.08 bits per heavy atom. The molecule has 122 valence electrons. The van der Waals surface area contributed by atoms with Gasteiger partial charge in [0.2, 0.25) is 0 Å². The van der Waals surface area contributed by atoms with Crippen LogP contribution in [0.25, 0.3) is 0 Å². The summed E-state index contributed by atoms with van der Waals surface area (Å²) in [5, 5.41) is 10.6. The van der Waals surface area contributed by atoms with Crippen LogP contribution in [-0.2, 0) is 0 Å². The van der Waals surface area contributed by atoms with Gasteiger partial charge in [0.05, 0.1) is 5.69 Å². The molecule has 0 radical (unpaired) electrons. The van der Waals surface area contributed by atoms with Gasteiger partial charge in [-0.15, -0.1) is 0 Å². The van der Waals surface area contributed by atoms with Crippen molar-refractivity contribution >= 4 is 23.5 Å². The van der Waals surface area contributed by atoms with Gasteiger partial charge in [-0.3, -0.25) is 4.79 Å². The predicted molar refractivity (Wildman–Crippen MR) is 89.6 cm³/mol. The summed E-state index contributed by atoms with van der Waals surface area (Å²) >= 11 is 0. The van der Waals surface area contributed by atoms with E-state index in [2.05, 4.69) is 14.8 Å². The fourth-order valence-electron chi connectivity index (χ4n) is 3.53. The fraction of sp³-hybridized carbons (Fsp3) is 0.294. The first-order chi connectivity index (χ1) is 11.6. The molecule has 0 unspecified atom stereocenters. The number of carbonyl (C=O) groups excluding carboxylic acids is 1. The molecule has 3 heterocycles. The molecule has 0 amide bonds. The molecular formula is C17H16N4O3. The van der Waals surface area contributed by atoms with E-state index < -0.39 is 4.92 Å². The Kier molecular flexibility index (Phi) is 3.23. The molecule has 0 N–H and O–H groups in total. The molecule has 1 aromatic carbocycles. The average molecular weight is 324 g/mol. The van der Waals surface area contributed by atoms with Crippen LogP contribution in [0.2, 0.25) is 0 Å². The standard InChI is InChI=1S/C17H16N4O3/c22-8-13-1-3-14(4-2-13)19-9-17(10-19)11-20(12-17)15-5-6-16(18-7-15)21(23)24/h1-8H,9-12H2. The van der Waals surface area contributed by atoms with Crippen LogP contribution in [-0.4, -0.2) is 42.4 Å². The Labute approximate surface area is 138 Å². The van der Waals surface area contributed by atoms with Crippen molar-refractivity contribution in [3.63, 3.8) is 0 Å². The van der Waals surface area contributed by atoms with Crippen LogP contribution in [0.5, 0.6) is 0 Å². The fourth-order valence-corrected chi connectivity index (χ4v) is 3.53. The van der Waals surface area contributed by atoms with E-state index in [9.17, 15) is 14.9 Å². The Hall–Kier alpha value is -2.96. The topological polar surface area (TPSA) is 79.6 Å². The number of nitrogens with zero attached hydrogens (tertiary/aromatic N) is 4. The second-order valence-corrected chi connectivity index (χ2v) is 6.55. The monoisotopic (exact) mass is 324 g/mol. The highest BCUT2D eigenvalue weighted by Crippen LogP contribution is 2.43.